The zero-order valence-electron chi connectivity index (χ0n) is 6.44. The molecule has 0 aliphatic carbocycles. The van der Waals surface area contributed by atoms with Gasteiger partial charge in [0.15, 0.2) is 0 Å². The first kappa shape index (κ1) is 7.18. The van der Waals surface area contributed by atoms with E-state index < -0.39 is 0 Å². The number of rotatable bonds is 2. The molecular weight excluding hydrogens is 154 g/mol. The minimum atomic E-state index is -0.223. The van der Waals surface area contributed by atoms with Gasteiger partial charge in [-0.05, 0) is 18.2 Å². The van der Waals surface area contributed by atoms with Crippen LogP contribution in [-0.4, -0.2) is 0 Å². The van der Waals surface area contributed by atoms with Crippen molar-refractivity contribution in [2.45, 2.75) is 6.04 Å². The summed E-state index contributed by atoms with van der Waals surface area (Å²) in [4.78, 5) is 0. The van der Waals surface area contributed by atoms with Crippen molar-refractivity contribution >= 4 is 0 Å². The molecule has 1 unspecified atom stereocenters. The number of hydrogen-bond donors (Lipinski definition) is 1. The van der Waals surface area contributed by atoms with E-state index in [9.17, 15) is 0 Å². The van der Waals surface area contributed by atoms with Crippen LogP contribution in [0.15, 0.2) is 45.8 Å². The molecule has 3 heteroatoms. The maximum Gasteiger partial charge on any atom is 0.125 e. The van der Waals surface area contributed by atoms with Gasteiger partial charge in [-0.1, -0.05) is 0 Å². The van der Waals surface area contributed by atoms with E-state index >= 15 is 0 Å². The first-order valence-electron chi connectivity index (χ1n) is 3.69. The van der Waals surface area contributed by atoms with Gasteiger partial charge in [0.1, 0.15) is 5.76 Å². The molecule has 0 fully saturated rings. The van der Waals surface area contributed by atoms with Crippen LogP contribution in [0.3, 0.4) is 0 Å². The first-order chi connectivity index (χ1) is 5.88. The van der Waals surface area contributed by atoms with E-state index in [2.05, 4.69) is 0 Å². The summed E-state index contributed by atoms with van der Waals surface area (Å²) >= 11 is 0. The van der Waals surface area contributed by atoms with E-state index in [0.717, 1.165) is 11.3 Å². The van der Waals surface area contributed by atoms with Crippen LogP contribution in [-0.2, 0) is 0 Å². The average Bonchev–Trinajstić information content (AvgIpc) is 2.77. The molecule has 0 saturated heterocycles. The highest BCUT2D eigenvalue weighted by atomic mass is 16.3. The fraction of sp³-hybridized carbons (Fsp3) is 0.111. The van der Waals surface area contributed by atoms with Gasteiger partial charge in [0.25, 0.3) is 0 Å². The van der Waals surface area contributed by atoms with Crippen molar-refractivity contribution in [1.29, 1.82) is 0 Å². The van der Waals surface area contributed by atoms with Crippen LogP contribution in [0.4, 0.5) is 0 Å². The summed E-state index contributed by atoms with van der Waals surface area (Å²) in [6, 6.07) is 5.26. The van der Waals surface area contributed by atoms with Gasteiger partial charge < -0.3 is 14.6 Å². The van der Waals surface area contributed by atoms with Gasteiger partial charge in [-0.3, -0.25) is 0 Å². The summed E-state index contributed by atoms with van der Waals surface area (Å²) in [7, 11) is 0. The quantitative estimate of drug-likeness (QED) is 0.735. The van der Waals surface area contributed by atoms with Crippen LogP contribution in [0.5, 0.6) is 0 Å². The van der Waals surface area contributed by atoms with Gasteiger partial charge in [0.2, 0.25) is 0 Å². The van der Waals surface area contributed by atoms with Gasteiger partial charge in [0, 0.05) is 5.56 Å². The molecule has 2 heterocycles. The van der Waals surface area contributed by atoms with Crippen molar-refractivity contribution in [1.82, 2.24) is 0 Å². The third-order valence-electron chi connectivity index (χ3n) is 1.75. The average molecular weight is 163 g/mol. The second-order valence-electron chi connectivity index (χ2n) is 2.55. The number of hydrogen-bond acceptors (Lipinski definition) is 3. The smallest absolute Gasteiger partial charge is 0.125 e. The van der Waals surface area contributed by atoms with Crippen molar-refractivity contribution in [3.8, 4) is 0 Å². The summed E-state index contributed by atoms with van der Waals surface area (Å²) in [5, 5.41) is 0. The molecule has 2 N–H and O–H groups in total. The normalized spacial score (nSPS) is 13.1. The molecule has 0 aromatic carbocycles. The van der Waals surface area contributed by atoms with E-state index in [1.807, 2.05) is 18.2 Å². The summed E-state index contributed by atoms with van der Waals surface area (Å²) in [5.41, 5.74) is 6.77. The van der Waals surface area contributed by atoms with Gasteiger partial charge in [-0.15, -0.1) is 0 Å². The number of furan rings is 2. The maximum absolute atomic E-state index is 5.85. The second-order valence-corrected chi connectivity index (χ2v) is 2.55. The molecule has 0 saturated carbocycles. The lowest BCUT2D eigenvalue weighted by Gasteiger charge is -2.03. The van der Waals surface area contributed by atoms with E-state index in [-0.39, 0.29) is 6.04 Å². The van der Waals surface area contributed by atoms with Crippen molar-refractivity contribution in [2.75, 3.05) is 0 Å². The highest BCUT2D eigenvalue weighted by Gasteiger charge is 2.11. The SMILES string of the molecule is NC(c1ccoc1)c1ccco1. The molecule has 0 aliphatic rings. The molecule has 0 amide bonds. The lowest BCUT2D eigenvalue weighted by Crippen LogP contribution is -2.09. The summed E-state index contributed by atoms with van der Waals surface area (Å²) in [6.07, 6.45) is 4.82. The molecule has 62 valence electrons. The van der Waals surface area contributed by atoms with Crippen LogP contribution in [0, 0.1) is 0 Å². The molecule has 0 spiro atoms. The van der Waals surface area contributed by atoms with Crippen LogP contribution in [0.2, 0.25) is 0 Å². The molecule has 3 nitrogen and oxygen atoms in total. The molecule has 2 rings (SSSR count). The van der Waals surface area contributed by atoms with Crippen LogP contribution < -0.4 is 5.73 Å². The standard InChI is InChI=1S/C9H9NO2/c10-9(7-3-5-11-6-7)8-2-1-4-12-8/h1-6,9H,10H2. The van der Waals surface area contributed by atoms with Crippen molar-refractivity contribution in [2.24, 2.45) is 5.73 Å². The lowest BCUT2D eigenvalue weighted by molar-refractivity contribution is 0.486. The topological polar surface area (TPSA) is 52.3 Å². The third kappa shape index (κ3) is 1.14. The van der Waals surface area contributed by atoms with Gasteiger partial charge in [-0.2, -0.15) is 0 Å². The van der Waals surface area contributed by atoms with Crippen molar-refractivity contribution in [3.05, 3.63) is 48.3 Å². The predicted molar refractivity (Wildman–Crippen MR) is 43.4 cm³/mol. The summed E-state index contributed by atoms with van der Waals surface area (Å²) in [6.45, 7) is 0. The Morgan fingerprint density at radius 2 is 2.17 bits per heavy atom. The first-order valence-corrected chi connectivity index (χ1v) is 3.69. The zero-order chi connectivity index (χ0) is 8.39. The van der Waals surface area contributed by atoms with Gasteiger partial charge in [-0.25, -0.2) is 0 Å². The Labute approximate surface area is 69.8 Å². The van der Waals surface area contributed by atoms with Gasteiger partial charge >= 0.3 is 0 Å². The second kappa shape index (κ2) is 2.87. The molecular formula is C9H9NO2. The van der Waals surface area contributed by atoms with Crippen molar-refractivity contribution < 1.29 is 8.83 Å². The summed E-state index contributed by atoms with van der Waals surface area (Å²) < 4.78 is 10.1. The molecule has 2 aromatic heterocycles. The van der Waals surface area contributed by atoms with Crippen LogP contribution in [0.1, 0.15) is 17.4 Å². The van der Waals surface area contributed by atoms with Crippen molar-refractivity contribution in [3.63, 3.8) is 0 Å². The summed E-state index contributed by atoms with van der Waals surface area (Å²) in [5.74, 6) is 0.747. The Balaban J connectivity index is 2.27. The minimum absolute atomic E-state index is 0.223. The van der Waals surface area contributed by atoms with Crippen LogP contribution >= 0.6 is 0 Å². The molecule has 12 heavy (non-hydrogen) atoms. The lowest BCUT2D eigenvalue weighted by atomic mass is 10.1. The Hall–Kier alpha value is -1.48. The molecule has 0 bridgehead atoms. The molecule has 2 aromatic rings. The maximum atomic E-state index is 5.85. The molecule has 0 radical (unpaired) electrons. The largest absolute Gasteiger partial charge is 0.472 e. The minimum Gasteiger partial charge on any atom is -0.472 e. The Morgan fingerprint density at radius 3 is 2.75 bits per heavy atom. The molecule has 0 aliphatic heterocycles. The Kier molecular flexibility index (Phi) is 1.72. The van der Waals surface area contributed by atoms with E-state index in [0.29, 0.717) is 0 Å². The zero-order valence-corrected chi connectivity index (χ0v) is 6.44. The van der Waals surface area contributed by atoms with Crippen LogP contribution in [0.25, 0.3) is 0 Å². The Morgan fingerprint density at radius 1 is 1.25 bits per heavy atom. The van der Waals surface area contributed by atoms with E-state index in [1.165, 1.54) is 0 Å². The number of nitrogens with two attached hydrogens (primary N) is 1. The van der Waals surface area contributed by atoms with E-state index in [1.54, 1.807) is 18.8 Å². The predicted octanol–water partition coefficient (Wildman–Crippen LogP) is 1.92. The highest BCUT2D eigenvalue weighted by Crippen LogP contribution is 2.19. The third-order valence-corrected chi connectivity index (χ3v) is 1.75. The molecule has 1 atom stereocenters. The fourth-order valence-electron chi connectivity index (χ4n) is 1.08. The fourth-order valence-corrected chi connectivity index (χ4v) is 1.08. The Bertz CT molecular complexity index is 289. The highest BCUT2D eigenvalue weighted by molar-refractivity contribution is 5.21. The van der Waals surface area contributed by atoms with Gasteiger partial charge in [0.05, 0.1) is 24.8 Å². The van der Waals surface area contributed by atoms with E-state index in [4.69, 9.17) is 14.6 Å². The monoisotopic (exact) mass is 163 g/mol.